The van der Waals surface area contributed by atoms with Gasteiger partial charge in [-0.2, -0.15) is 0 Å². The third-order valence-corrected chi connectivity index (χ3v) is 2.39. The van der Waals surface area contributed by atoms with Crippen molar-refractivity contribution in [2.75, 3.05) is 36.8 Å². The highest BCUT2D eigenvalue weighted by atomic mass is 15.2. The summed E-state index contributed by atoms with van der Waals surface area (Å²) in [5, 5.41) is 3.32. The lowest BCUT2D eigenvalue weighted by Crippen LogP contribution is -2.43. The zero-order chi connectivity index (χ0) is 9.10. The molecule has 0 radical (unpaired) electrons. The van der Waals surface area contributed by atoms with E-state index in [9.17, 15) is 0 Å². The van der Waals surface area contributed by atoms with Crippen molar-refractivity contribution in [3.63, 3.8) is 0 Å². The fraction of sp³-hybridized carbons (Fsp3) is 0.400. The highest BCUT2D eigenvalue weighted by Gasteiger charge is 2.11. The highest BCUT2D eigenvalue weighted by Crippen LogP contribution is 2.22. The zero-order valence-electron chi connectivity index (χ0n) is 7.66. The lowest BCUT2D eigenvalue weighted by atomic mass is 10.2. The fourth-order valence-corrected chi connectivity index (χ4v) is 1.68. The van der Waals surface area contributed by atoms with Crippen molar-refractivity contribution in [1.29, 1.82) is 0 Å². The molecular formula is C10H15N3. The van der Waals surface area contributed by atoms with E-state index in [1.54, 1.807) is 0 Å². The van der Waals surface area contributed by atoms with Crippen LogP contribution in [0.15, 0.2) is 24.3 Å². The van der Waals surface area contributed by atoms with E-state index < -0.39 is 0 Å². The van der Waals surface area contributed by atoms with Gasteiger partial charge in [0.25, 0.3) is 0 Å². The van der Waals surface area contributed by atoms with Gasteiger partial charge < -0.3 is 16.0 Å². The van der Waals surface area contributed by atoms with Crippen molar-refractivity contribution in [3.8, 4) is 0 Å². The predicted molar refractivity (Wildman–Crippen MR) is 55.9 cm³/mol. The minimum Gasteiger partial charge on any atom is -0.397 e. The van der Waals surface area contributed by atoms with E-state index in [0.29, 0.717) is 0 Å². The number of nitrogens with two attached hydrogens (primary N) is 1. The number of nitrogens with zero attached hydrogens (tertiary/aromatic N) is 1. The summed E-state index contributed by atoms with van der Waals surface area (Å²) < 4.78 is 0. The summed E-state index contributed by atoms with van der Waals surface area (Å²) in [6, 6.07) is 8.05. The summed E-state index contributed by atoms with van der Waals surface area (Å²) in [5.74, 6) is 0. The van der Waals surface area contributed by atoms with Crippen molar-refractivity contribution in [2.24, 2.45) is 0 Å². The molecule has 0 spiro atoms. The van der Waals surface area contributed by atoms with Crippen LogP contribution in [0.5, 0.6) is 0 Å². The van der Waals surface area contributed by atoms with E-state index in [1.165, 1.54) is 5.69 Å². The molecule has 0 amide bonds. The van der Waals surface area contributed by atoms with E-state index in [4.69, 9.17) is 5.73 Å². The first-order valence-electron chi connectivity index (χ1n) is 4.68. The number of rotatable bonds is 1. The summed E-state index contributed by atoms with van der Waals surface area (Å²) in [5.41, 5.74) is 7.94. The lowest BCUT2D eigenvalue weighted by Gasteiger charge is -2.30. The summed E-state index contributed by atoms with van der Waals surface area (Å²) in [7, 11) is 0. The second-order valence-electron chi connectivity index (χ2n) is 3.30. The van der Waals surface area contributed by atoms with E-state index in [-0.39, 0.29) is 0 Å². The van der Waals surface area contributed by atoms with Gasteiger partial charge in [-0.15, -0.1) is 0 Å². The normalized spacial score (nSPS) is 17.4. The van der Waals surface area contributed by atoms with Gasteiger partial charge in [0.1, 0.15) is 0 Å². The average molecular weight is 177 g/mol. The van der Waals surface area contributed by atoms with Crippen molar-refractivity contribution in [3.05, 3.63) is 24.3 Å². The Morgan fingerprint density at radius 1 is 1.15 bits per heavy atom. The molecule has 0 bridgehead atoms. The zero-order valence-corrected chi connectivity index (χ0v) is 7.66. The van der Waals surface area contributed by atoms with Crippen molar-refractivity contribution in [1.82, 2.24) is 5.32 Å². The third kappa shape index (κ3) is 1.75. The molecule has 13 heavy (non-hydrogen) atoms. The van der Waals surface area contributed by atoms with Gasteiger partial charge in [-0.05, 0) is 12.1 Å². The largest absolute Gasteiger partial charge is 0.397 e. The van der Waals surface area contributed by atoms with Crippen LogP contribution in [-0.4, -0.2) is 26.2 Å². The van der Waals surface area contributed by atoms with Gasteiger partial charge in [0, 0.05) is 26.2 Å². The Balaban J connectivity index is 2.18. The van der Waals surface area contributed by atoms with Gasteiger partial charge in [-0.3, -0.25) is 0 Å². The summed E-state index contributed by atoms with van der Waals surface area (Å²) in [4.78, 5) is 2.33. The number of piperazine rings is 1. The number of para-hydroxylation sites is 2. The standard InChI is InChI=1S/C10H15N3/c11-9-3-1-2-4-10(9)13-7-5-12-6-8-13/h1-4,12H,5-8,11H2. The number of nitrogen functional groups attached to an aromatic ring is 1. The first-order chi connectivity index (χ1) is 6.38. The highest BCUT2D eigenvalue weighted by molar-refractivity contribution is 5.67. The number of anilines is 2. The van der Waals surface area contributed by atoms with E-state index in [0.717, 1.165) is 31.9 Å². The van der Waals surface area contributed by atoms with Crippen molar-refractivity contribution >= 4 is 11.4 Å². The van der Waals surface area contributed by atoms with E-state index in [1.807, 2.05) is 18.2 Å². The number of hydrogen-bond acceptors (Lipinski definition) is 3. The summed E-state index contributed by atoms with van der Waals surface area (Å²) in [6.07, 6.45) is 0. The number of hydrogen-bond donors (Lipinski definition) is 2. The maximum Gasteiger partial charge on any atom is 0.0600 e. The Labute approximate surface area is 78.5 Å². The molecule has 1 fully saturated rings. The van der Waals surface area contributed by atoms with Crippen molar-refractivity contribution < 1.29 is 0 Å². The molecule has 2 rings (SSSR count). The predicted octanol–water partition coefficient (Wildman–Crippen LogP) is 0.678. The molecular weight excluding hydrogens is 162 g/mol. The monoisotopic (exact) mass is 177 g/mol. The number of benzene rings is 1. The lowest BCUT2D eigenvalue weighted by molar-refractivity contribution is 0.590. The van der Waals surface area contributed by atoms with Crippen LogP contribution in [-0.2, 0) is 0 Å². The van der Waals surface area contributed by atoms with Gasteiger partial charge in [0.05, 0.1) is 11.4 Å². The van der Waals surface area contributed by atoms with E-state index >= 15 is 0 Å². The minimum atomic E-state index is 0.879. The van der Waals surface area contributed by atoms with Crippen molar-refractivity contribution in [2.45, 2.75) is 0 Å². The van der Waals surface area contributed by atoms with Gasteiger partial charge in [0.2, 0.25) is 0 Å². The number of nitrogens with one attached hydrogen (secondary N) is 1. The molecule has 1 aromatic carbocycles. The molecule has 3 N–H and O–H groups in total. The SMILES string of the molecule is Nc1ccccc1N1CCNCC1. The van der Waals surface area contributed by atoms with Crippen LogP contribution in [0.2, 0.25) is 0 Å². The summed E-state index contributed by atoms with van der Waals surface area (Å²) >= 11 is 0. The molecule has 1 aromatic rings. The Hall–Kier alpha value is -1.22. The quantitative estimate of drug-likeness (QED) is 0.620. The topological polar surface area (TPSA) is 41.3 Å². The summed E-state index contributed by atoms with van der Waals surface area (Å²) in [6.45, 7) is 4.20. The molecule has 1 saturated heterocycles. The molecule has 1 heterocycles. The minimum absolute atomic E-state index is 0.879. The first kappa shape index (κ1) is 8.38. The molecule has 3 nitrogen and oxygen atoms in total. The van der Waals surface area contributed by atoms with Gasteiger partial charge in [-0.1, -0.05) is 12.1 Å². The smallest absolute Gasteiger partial charge is 0.0600 e. The maximum absolute atomic E-state index is 5.89. The van der Waals surface area contributed by atoms with Crippen LogP contribution in [0.4, 0.5) is 11.4 Å². The molecule has 0 saturated carbocycles. The van der Waals surface area contributed by atoms with Crippen LogP contribution >= 0.6 is 0 Å². The second kappa shape index (κ2) is 3.66. The molecule has 70 valence electrons. The first-order valence-corrected chi connectivity index (χ1v) is 4.68. The molecule has 0 aliphatic carbocycles. The van der Waals surface area contributed by atoms with Gasteiger partial charge in [0.15, 0.2) is 0 Å². The van der Waals surface area contributed by atoms with Crippen LogP contribution in [0, 0.1) is 0 Å². The van der Waals surface area contributed by atoms with E-state index in [2.05, 4.69) is 16.3 Å². The van der Waals surface area contributed by atoms with Crippen LogP contribution in [0.3, 0.4) is 0 Å². The van der Waals surface area contributed by atoms with Crippen LogP contribution in [0.1, 0.15) is 0 Å². The second-order valence-corrected chi connectivity index (χ2v) is 3.30. The average Bonchev–Trinajstić information content (AvgIpc) is 2.20. The Kier molecular flexibility index (Phi) is 2.36. The van der Waals surface area contributed by atoms with Gasteiger partial charge >= 0.3 is 0 Å². The van der Waals surface area contributed by atoms with Crippen LogP contribution < -0.4 is 16.0 Å². The molecule has 0 unspecified atom stereocenters. The Morgan fingerprint density at radius 3 is 2.54 bits per heavy atom. The molecule has 1 aliphatic rings. The molecule has 1 aliphatic heterocycles. The fourth-order valence-electron chi connectivity index (χ4n) is 1.68. The Bertz CT molecular complexity index is 279. The van der Waals surface area contributed by atoms with Crippen LogP contribution in [0.25, 0.3) is 0 Å². The molecule has 0 atom stereocenters. The molecule has 0 aromatic heterocycles. The third-order valence-electron chi connectivity index (χ3n) is 2.39. The Morgan fingerprint density at radius 2 is 1.85 bits per heavy atom. The molecule has 3 heteroatoms. The maximum atomic E-state index is 5.89. The van der Waals surface area contributed by atoms with Gasteiger partial charge in [-0.25, -0.2) is 0 Å².